The summed E-state index contributed by atoms with van der Waals surface area (Å²) in [5.74, 6) is 0.336. The van der Waals surface area contributed by atoms with Crippen LogP contribution in [0.3, 0.4) is 0 Å². The van der Waals surface area contributed by atoms with Crippen LogP contribution in [0.1, 0.15) is 21.4 Å². The molecule has 2 aromatic heterocycles. The van der Waals surface area contributed by atoms with Crippen LogP contribution >= 0.6 is 27.3 Å². The van der Waals surface area contributed by atoms with Crippen LogP contribution in [-0.2, 0) is 4.74 Å². The molecule has 1 aliphatic heterocycles. The van der Waals surface area contributed by atoms with Gasteiger partial charge in [0, 0.05) is 40.6 Å². The van der Waals surface area contributed by atoms with Gasteiger partial charge in [-0.15, -0.1) is 11.3 Å². The lowest BCUT2D eigenvalue weighted by Crippen LogP contribution is -2.43. The number of amides is 1. The predicted octanol–water partition coefficient (Wildman–Crippen LogP) is 3.97. The summed E-state index contributed by atoms with van der Waals surface area (Å²) in [6, 6.07) is 13.6. The number of aromatic nitrogens is 1. The highest BCUT2D eigenvalue weighted by Crippen LogP contribution is 2.26. The largest absolute Gasteiger partial charge is 0.379 e. The Balaban J connectivity index is 1.43. The van der Waals surface area contributed by atoms with Crippen molar-refractivity contribution in [2.75, 3.05) is 32.8 Å². The van der Waals surface area contributed by atoms with E-state index in [0.29, 0.717) is 12.3 Å². The van der Waals surface area contributed by atoms with Gasteiger partial charge in [0.05, 0.1) is 19.3 Å². The Labute approximate surface area is 175 Å². The third-order valence-corrected chi connectivity index (χ3v) is 6.19. The van der Waals surface area contributed by atoms with Crippen molar-refractivity contribution in [3.63, 3.8) is 0 Å². The van der Waals surface area contributed by atoms with Crippen LogP contribution in [0.4, 0.5) is 0 Å². The summed E-state index contributed by atoms with van der Waals surface area (Å²) in [5, 5.41) is 9.01. The number of rotatable bonds is 6. The molecule has 3 heterocycles. The van der Waals surface area contributed by atoms with Gasteiger partial charge in [0.1, 0.15) is 0 Å². The molecule has 0 saturated carbocycles. The quantitative estimate of drug-likeness (QED) is 0.601. The van der Waals surface area contributed by atoms with E-state index < -0.39 is 0 Å². The number of nitrogens with zero attached hydrogens (tertiary/aromatic N) is 2. The van der Waals surface area contributed by atoms with E-state index in [1.807, 2.05) is 30.3 Å². The van der Waals surface area contributed by atoms with Crippen molar-refractivity contribution in [2.24, 2.45) is 0 Å². The number of ether oxygens (including phenoxy) is 1. The molecular formula is C20H20BrN3O3S. The lowest BCUT2D eigenvalue weighted by Gasteiger charge is -2.34. The van der Waals surface area contributed by atoms with Crippen molar-refractivity contribution in [3.05, 3.63) is 62.9 Å². The Morgan fingerprint density at radius 2 is 2.04 bits per heavy atom. The average molecular weight is 462 g/mol. The number of carbonyl (C=O) groups is 1. The Hall–Kier alpha value is -2.00. The van der Waals surface area contributed by atoms with Crippen LogP contribution in [-0.4, -0.2) is 48.8 Å². The van der Waals surface area contributed by atoms with E-state index in [1.165, 1.54) is 4.88 Å². The molecule has 4 rings (SSSR count). The van der Waals surface area contributed by atoms with Crippen molar-refractivity contribution < 1.29 is 14.1 Å². The summed E-state index contributed by atoms with van der Waals surface area (Å²) in [4.78, 5) is 16.2. The molecule has 28 heavy (non-hydrogen) atoms. The summed E-state index contributed by atoms with van der Waals surface area (Å²) >= 11 is 5.11. The second kappa shape index (κ2) is 9.00. The van der Waals surface area contributed by atoms with Gasteiger partial charge in [-0.1, -0.05) is 39.3 Å². The second-order valence-electron chi connectivity index (χ2n) is 6.47. The minimum Gasteiger partial charge on any atom is -0.379 e. The summed E-state index contributed by atoms with van der Waals surface area (Å²) in [7, 11) is 0. The molecule has 1 amide bonds. The molecule has 1 saturated heterocycles. The van der Waals surface area contributed by atoms with E-state index in [2.05, 4.69) is 42.7 Å². The zero-order valence-corrected chi connectivity index (χ0v) is 17.5. The molecule has 0 radical (unpaired) electrons. The molecule has 3 aromatic rings. The van der Waals surface area contributed by atoms with Crippen LogP contribution in [0, 0.1) is 0 Å². The minimum absolute atomic E-state index is 0.130. The molecule has 146 valence electrons. The van der Waals surface area contributed by atoms with Crippen molar-refractivity contribution in [1.82, 2.24) is 15.4 Å². The first kappa shape index (κ1) is 19.3. The fourth-order valence-electron chi connectivity index (χ4n) is 3.19. The highest BCUT2D eigenvalue weighted by atomic mass is 79.9. The van der Waals surface area contributed by atoms with Gasteiger partial charge in [0.2, 0.25) is 0 Å². The van der Waals surface area contributed by atoms with Crippen molar-refractivity contribution in [2.45, 2.75) is 6.04 Å². The van der Waals surface area contributed by atoms with Crippen molar-refractivity contribution >= 4 is 33.2 Å². The summed E-state index contributed by atoms with van der Waals surface area (Å²) in [6.45, 7) is 3.66. The summed E-state index contributed by atoms with van der Waals surface area (Å²) in [5.41, 5.74) is 1.16. The average Bonchev–Trinajstić information content (AvgIpc) is 3.42. The molecule has 1 fully saturated rings. The van der Waals surface area contributed by atoms with Gasteiger partial charge in [-0.05, 0) is 23.6 Å². The van der Waals surface area contributed by atoms with Gasteiger partial charge < -0.3 is 14.6 Å². The monoisotopic (exact) mass is 461 g/mol. The summed E-state index contributed by atoms with van der Waals surface area (Å²) in [6.07, 6.45) is 0. The topological polar surface area (TPSA) is 67.6 Å². The van der Waals surface area contributed by atoms with Crippen LogP contribution < -0.4 is 5.32 Å². The Morgan fingerprint density at radius 3 is 2.75 bits per heavy atom. The van der Waals surface area contributed by atoms with E-state index in [-0.39, 0.29) is 17.6 Å². The smallest absolute Gasteiger partial charge is 0.273 e. The maximum atomic E-state index is 12.6. The number of halogens is 1. The zero-order chi connectivity index (χ0) is 19.3. The van der Waals surface area contributed by atoms with E-state index in [0.717, 1.165) is 36.3 Å². The molecule has 1 N–H and O–H groups in total. The fourth-order valence-corrected chi connectivity index (χ4v) is 4.32. The van der Waals surface area contributed by atoms with Crippen molar-refractivity contribution in [1.29, 1.82) is 0 Å². The normalized spacial score (nSPS) is 16.0. The molecule has 0 aliphatic carbocycles. The second-order valence-corrected chi connectivity index (χ2v) is 8.37. The van der Waals surface area contributed by atoms with E-state index >= 15 is 0 Å². The first-order valence-electron chi connectivity index (χ1n) is 9.07. The molecule has 0 spiro atoms. The van der Waals surface area contributed by atoms with Crippen LogP contribution in [0.25, 0.3) is 11.3 Å². The lowest BCUT2D eigenvalue weighted by atomic mass is 10.1. The van der Waals surface area contributed by atoms with Gasteiger partial charge in [0.15, 0.2) is 11.5 Å². The fraction of sp³-hybridized carbons (Fsp3) is 0.300. The lowest BCUT2D eigenvalue weighted by molar-refractivity contribution is 0.0169. The molecule has 0 unspecified atom stereocenters. The predicted molar refractivity (Wildman–Crippen MR) is 111 cm³/mol. The molecule has 6 nitrogen and oxygen atoms in total. The van der Waals surface area contributed by atoms with Gasteiger partial charge in [-0.25, -0.2) is 0 Å². The number of nitrogens with one attached hydrogen (secondary N) is 1. The maximum Gasteiger partial charge on any atom is 0.273 e. The number of hydrogen-bond donors (Lipinski definition) is 1. The number of benzene rings is 1. The number of thiophene rings is 1. The third-order valence-electron chi connectivity index (χ3n) is 4.69. The molecule has 8 heteroatoms. The molecule has 0 bridgehead atoms. The Bertz CT molecular complexity index is 905. The van der Waals surface area contributed by atoms with E-state index in [1.54, 1.807) is 17.4 Å². The first-order chi connectivity index (χ1) is 13.7. The third kappa shape index (κ3) is 4.52. The summed E-state index contributed by atoms with van der Waals surface area (Å²) < 4.78 is 11.8. The highest BCUT2D eigenvalue weighted by molar-refractivity contribution is 9.10. The van der Waals surface area contributed by atoms with E-state index in [9.17, 15) is 4.79 Å². The van der Waals surface area contributed by atoms with Gasteiger partial charge in [-0.2, -0.15) is 0 Å². The maximum absolute atomic E-state index is 12.6. The SMILES string of the molecule is O=C(NC[C@@H](c1cccs1)N1CCOCC1)c1cc(-c2ccc(Br)cc2)on1. The van der Waals surface area contributed by atoms with Gasteiger partial charge in [0.25, 0.3) is 5.91 Å². The zero-order valence-electron chi connectivity index (χ0n) is 15.1. The van der Waals surface area contributed by atoms with Crippen molar-refractivity contribution in [3.8, 4) is 11.3 Å². The van der Waals surface area contributed by atoms with Crippen LogP contribution in [0.5, 0.6) is 0 Å². The van der Waals surface area contributed by atoms with Crippen LogP contribution in [0.2, 0.25) is 0 Å². The van der Waals surface area contributed by atoms with Gasteiger partial charge >= 0.3 is 0 Å². The molecule has 1 aliphatic rings. The van der Waals surface area contributed by atoms with Crippen LogP contribution in [0.15, 0.2) is 56.8 Å². The molecular weight excluding hydrogens is 442 g/mol. The standard InChI is InChI=1S/C20H20BrN3O3S/c21-15-5-3-14(4-6-15)18-12-16(23-27-18)20(25)22-13-17(19-2-1-11-28-19)24-7-9-26-10-8-24/h1-6,11-12,17H,7-10,13H2,(H,22,25)/t17-/m0/s1. The number of carbonyl (C=O) groups excluding carboxylic acids is 1. The Morgan fingerprint density at radius 1 is 1.25 bits per heavy atom. The molecule has 1 atom stereocenters. The number of morpholine rings is 1. The molecule has 1 aromatic carbocycles. The number of hydrogen-bond acceptors (Lipinski definition) is 6. The first-order valence-corrected chi connectivity index (χ1v) is 10.7. The van der Waals surface area contributed by atoms with Gasteiger partial charge in [-0.3, -0.25) is 9.69 Å². The highest BCUT2D eigenvalue weighted by Gasteiger charge is 2.24. The Kier molecular flexibility index (Phi) is 6.21. The van der Waals surface area contributed by atoms with E-state index in [4.69, 9.17) is 9.26 Å². The minimum atomic E-state index is -0.234.